The van der Waals surface area contributed by atoms with Crippen LogP contribution in [-0.2, 0) is 9.59 Å². The molecule has 1 atom stereocenters. The van der Waals surface area contributed by atoms with Gasteiger partial charge in [0.2, 0.25) is 12.7 Å². The highest BCUT2D eigenvalue weighted by Gasteiger charge is 2.33. The fraction of sp³-hybridized carbons (Fsp3) is 0.318. The molecule has 2 aliphatic heterocycles. The van der Waals surface area contributed by atoms with E-state index < -0.39 is 5.97 Å². The van der Waals surface area contributed by atoms with Crippen molar-refractivity contribution in [2.75, 3.05) is 6.79 Å². The van der Waals surface area contributed by atoms with Crippen LogP contribution in [0.2, 0.25) is 0 Å². The lowest BCUT2D eigenvalue weighted by Crippen LogP contribution is -2.28. The second kappa shape index (κ2) is 7.95. The number of hydrogen-bond acceptors (Lipinski definition) is 6. The second-order valence-electron chi connectivity index (χ2n) is 7.21. The normalized spacial score (nSPS) is 17.3. The Balaban J connectivity index is 1.60. The first-order chi connectivity index (χ1) is 14.0. The highest BCUT2D eigenvalue weighted by Crippen LogP contribution is 2.39. The molecular formula is C22H21N2O5-. The summed E-state index contributed by atoms with van der Waals surface area (Å²) in [6.45, 7) is 2.20. The molecule has 0 aliphatic carbocycles. The number of rotatable bonds is 6. The van der Waals surface area contributed by atoms with Crippen LogP contribution in [0.5, 0.6) is 11.5 Å². The summed E-state index contributed by atoms with van der Waals surface area (Å²) < 4.78 is 10.8. The van der Waals surface area contributed by atoms with Gasteiger partial charge in [-0.25, -0.2) is 5.01 Å². The van der Waals surface area contributed by atoms with E-state index in [1.807, 2.05) is 49.4 Å². The Hall–Kier alpha value is -3.35. The number of ether oxygens (including phenoxy) is 2. The van der Waals surface area contributed by atoms with Gasteiger partial charge in [-0.15, -0.1) is 0 Å². The molecule has 2 aromatic rings. The zero-order valence-electron chi connectivity index (χ0n) is 16.1. The van der Waals surface area contributed by atoms with Crippen LogP contribution in [0, 0.1) is 6.92 Å². The molecule has 2 aliphatic rings. The van der Waals surface area contributed by atoms with Crippen LogP contribution < -0.4 is 14.6 Å². The van der Waals surface area contributed by atoms with Crippen LogP contribution in [0.3, 0.4) is 0 Å². The summed E-state index contributed by atoms with van der Waals surface area (Å²) in [7, 11) is 0. The van der Waals surface area contributed by atoms with Crippen molar-refractivity contribution in [3.05, 3.63) is 59.2 Å². The van der Waals surface area contributed by atoms with E-state index in [9.17, 15) is 14.7 Å². The van der Waals surface area contributed by atoms with Crippen molar-refractivity contribution in [3.63, 3.8) is 0 Å². The molecule has 0 bridgehead atoms. The lowest BCUT2D eigenvalue weighted by atomic mass is 9.97. The number of carbonyl (C=O) groups excluding carboxylic acids is 2. The van der Waals surface area contributed by atoms with Crippen LogP contribution in [0.4, 0.5) is 0 Å². The van der Waals surface area contributed by atoms with Gasteiger partial charge < -0.3 is 19.4 Å². The minimum absolute atomic E-state index is 0.0969. The largest absolute Gasteiger partial charge is 0.550 e. The van der Waals surface area contributed by atoms with Gasteiger partial charge in [0.1, 0.15) is 0 Å². The minimum atomic E-state index is -1.16. The number of nitrogens with zero attached hydrogens (tertiary/aromatic N) is 2. The molecule has 7 nitrogen and oxygen atoms in total. The van der Waals surface area contributed by atoms with E-state index in [1.54, 1.807) is 0 Å². The number of carboxylic acid groups (broad SMARTS) is 1. The zero-order valence-corrected chi connectivity index (χ0v) is 16.1. The Morgan fingerprint density at radius 1 is 1.10 bits per heavy atom. The highest BCUT2D eigenvalue weighted by atomic mass is 16.7. The molecule has 0 fully saturated rings. The lowest BCUT2D eigenvalue weighted by Gasteiger charge is -2.22. The molecule has 1 amide bonds. The van der Waals surface area contributed by atoms with Gasteiger partial charge in [0.25, 0.3) is 0 Å². The first-order valence-electron chi connectivity index (χ1n) is 9.57. The van der Waals surface area contributed by atoms with E-state index in [2.05, 4.69) is 5.10 Å². The summed E-state index contributed by atoms with van der Waals surface area (Å²) in [5.74, 6) is -0.0414. The number of carbonyl (C=O) groups is 2. The monoisotopic (exact) mass is 393 g/mol. The predicted molar refractivity (Wildman–Crippen MR) is 103 cm³/mol. The SMILES string of the molecule is Cc1ccc(C2=NN(C(=O)CCCC(=O)[O-])[C@H](c3ccc4c(c3)OCO4)C2)cc1. The summed E-state index contributed by atoms with van der Waals surface area (Å²) in [4.78, 5) is 23.5. The molecule has 0 saturated carbocycles. The first-order valence-corrected chi connectivity index (χ1v) is 9.57. The Morgan fingerprint density at radius 2 is 1.86 bits per heavy atom. The summed E-state index contributed by atoms with van der Waals surface area (Å²) in [6, 6.07) is 13.4. The lowest BCUT2D eigenvalue weighted by molar-refractivity contribution is -0.305. The molecule has 0 aromatic heterocycles. The fourth-order valence-electron chi connectivity index (χ4n) is 3.54. The smallest absolute Gasteiger partial charge is 0.243 e. The Morgan fingerprint density at radius 3 is 2.62 bits per heavy atom. The van der Waals surface area contributed by atoms with Gasteiger partial charge in [0.05, 0.1) is 11.8 Å². The third-order valence-corrected chi connectivity index (χ3v) is 5.10. The van der Waals surface area contributed by atoms with Crippen molar-refractivity contribution in [2.45, 2.75) is 38.6 Å². The quantitative estimate of drug-likeness (QED) is 0.751. The molecule has 0 unspecified atom stereocenters. The van der Waals surface area contributed by atoms with Crippen molar-refractivity contribution in [2.24, 2.45) is 5.10 Å². The summed E-state index contributed by atoms with van der Waals surface area (Å²) in [5, 5.41) is 16.7. The van der Waals surface area contributed by atoms with E-state index in [-0.39, 0.29) is 38.0 Å². The zero-order chi connectivity index (χ0) is 20.4. The highest BCUT2D eigenvalue weighted by molar-refractivity contribution is 6.03. The van der Waals surface area contributed by atoms with E-state index >= 15 is 0 Å². The molecule has 0 saturated heterocycles. The van der Waals surface area contributed by atoms with Crippen molar-refractivity contribution >= 4 is 17.6 Å². The number of benzene rings is 2. The van der Waals surface area contributed by atoms with Gasteiger partial charge in [-0.3, -0.25) is 4.79 Å². The summed E-state index contributed by atoms with van der Waals surface area (Å²) in [6.07, 6.45) is 0.734. The molecule has 2 heterocycles. The number of fused-ring (bicyclic) bond motifs is 1. The van der Waals surface area contributed by atoms with E-state index in [1.165, 1.54) is 5.01 Å². The van der Waals surface area contributed by atoms with E-state index in [0.717, 1.165) is 22.4 Å². The third kappa shape index (κ3) is 4.08. The maximum atomic E-state index is 12.8. The van der Waals surface area contributed by atoms with Crippen LogP contribution in [-0.4, -0.2) is 29.4 Å². The van der Waals surface area contributed by atoms with Gasteiger partial charge in [-0.2, -0.15) is 5.10 Å². The number of aliphatic carboxylic acids is 1. The van der Waals surface area contributed by atoms with Crippen LogP contribution >= 0.6 is 0 Å². The Bertz CT molecular complexity index is 968. The topological polar surface area (TPSA) is 91.3 Å². The maximum Gasteiger partial charge on any atom is 0.243 e. The summed E-state index contributed by atoms with van der Waals surface area (Å²) >= 11 is 0. The predicted octanol–water partition coefficient (Wildman–Crippen LogP) is 2.32. The average Bonchev–Trinajstić information content (AvgIpc) is 3.34. The average molecular weight is 393 g/mol. The first kappa shape index (κ1) is 19.0. The van der Waals surface area contributed by atoms with Gasteiger partial charge in [0, 0.05) is 18.8 Å². The van der Waals surface area contributed by atoms with Crippen molar-refractivity contribution in [1.29, 1.82) is 0 Å². The van der Waals surface area contributed by atoms with Crippen molar-refractivity contribution in [3.8, 4) is 11.5 Å². The number of aryl methyl sites for hydroxylation is 1. The number of carboxylic acids is 1. The van der Waals surface area contributed by atoms with Gasteiger partial charge in [-0.05, 0) is 43.0 Å². The molecule has 0 radical (unpaired) electrons. The number of hydrogen-bond donors (Lipinski definition) is 0. The second-order valence-corrected chi connectivity index (χ2v) is 7.21. The maximum absolute atomic E-state index is 12.8. The molecular weight excluding hydrogens is 372 g/mol. The van der Waals surface area contributed by atoms with Gasteiger partial charge in [-0.1, -0.05) is 35.9 Å². The number of amides is 1. The van der Waals surface area contributed by atoms with Crippen LogP contribution in [0.15, 0.2) is 47.6 Å². The molecule has 150 valence electrons. The molecule has 7 heteroatoms. The number of hydrazone groups is 1. The Kier molecular flexibility index (Phi) is 5.20. The van der Waals surface area contributed by atoms with E-state index in [0.29, 0.717) is 17.9 Å². The van der Waals surface area contributed by atoms with Crippen molar-refractivity contribution in [1.82, 2.24) is 5.01 Å². The van der Waals surface area contributed by atoms with Gasteiger partial charge >= 0.3 is 0 Å². The van der Waals surface area contributed by atoms with E-state index in [4.69, 9.17) is 9.47 Å². The third-order valence-electron chi connectivity index (χ3n) is 5.10. The Labute approximate surface area is 168 Å². The van der Waals surface area contributed by atoms with Crippen LogP contribution in [0.25, 0.3) is 0 Å². The fourth-order valence-corrected chi connectivity index (χ4v) is 3.54. The van der Waals surface area contributed by atoms with Gasteiger partial charge in [0.15, 0.2) is 11.5 Å². The standard InChI is InChI=1S/C22H22N2O5/c1-14-5-7-15(8-6-14)17-12-18(16-9-10-19-20(11-16)29-13-28-19)24(23-17)21(25)3-2-4-22(26)27/h5-11,18H,2-4,12-13H2,1H3,(H,26,27)/p-1/t18-/m0/s1. The van der Waals surface area contributed by atoms with Crippen molar-refractivity contribution < 1.29 is 24.2 Å². The summed E-state index contributed by atoms with van der Waals surface area (Å²) in [5.41, 5.74) is 3.83. The molecule has 0 spiro atoms. The molecule has 4 rings (SSSR count). The molecule has 0 N–H and O–H groups in total. The molecule has 2 aromatic carbocycles. The molecule has 29 heavy (non-hydrogen) atoms. The van der Waals surface area contributed by atoms with Crippen LogP contribution in [0.1, 0.15) is 48.4 Å². The minimum Gasteiger partial charge on any atom is -0.550 e.